The van der Waals surface area contributed by atoms with Gasteiger partial charge in [0.25, 0.3) is 5.91 Å². The number of aromatic nitrogens is 2. The molecule has 0 bridgehead atoms. The van der Waals surface area contributed by atoms with Crippen LogP contribution in [-0.4, -0.2) is 46.9 Å². The highest BCUT2D eigenvalue weighted by molar-refractivity contribution is 5.92. The molecule has 1 aromatic rings. The summed E-state index contributed by atoms with van der Waals surface area (Å²) in [6.45, 7) is 5.88. The lowest BCUT2D eigenvalue weighted by atomic mass is 10.1. The number of rotatable bonds is 4. The molecule has 1 saturated heterocycles. The summed E-state index contributed by atoms with van der Waals surface area (Å²) in [7, 11) is 0. The zero-order valence-corrected chi connectivity index (χ0v) is 12.0. The number of aliphatic hydroxyl groups is 1. The van der Waals surface area contributed by atoms with Crippen molar-refractivity contribution < 1.29 is 9.90 Å². The normalized spacial score (nSPS) is 22.3. The second-order valence-corrected chi connectivity index (χ2v) is 5.06. The van der Waals surface area contributed by atoms with E-state index in [0.29, 0.717) is 24.7 Å². The number of H-pyrrole nitrogens is 1. The molecule has 0 saturated carbocycles. The van der Waals surface area contributed by atoms with Crippen LogP contribution in [-0.2, 0) is 0 Å². The van der Waals surface area contributed by atoms with Crippen molar-refractivity contribution in [2.45, 2.75) is 25.9 Å². The molecule has 19 heavy (non-hydrogen) atoms. The second-order valence-electron chi connectivity index (χ2n) is 5.06. The van der Waals surface area contributed by atoms with Crippen molar-refractivity contribution in [3.8, 4) is 0 Å². The monoisotopic (exact) mass is 288 g/mol. The summed E-state index contributed by atoms with van der Waals surface area (Å²) in [5, 5.41) is 22.3. The number of nitrogens with one attached hydrogen (secondary N) is 3. The van der Waals surface area contributed by atoms with E-state index in [9.17, 15) is 9.90 Å². The quantitative estimate of drug-likeness (QED) is 0.640. The maximum Gasteiger partial charge on any atom is 0.271 e. The number of carbonyl (C=O) groups excluding carboxylic acids is 1. The molecule has 6 nitrogen and oxygen atoms in total. The molecule has 1 aliphatic rings. The molecule has 108 valence electrons. The van der Waals surface area contributed by atoms with E-state index in [1.165, 1.54) is 0 Å². The van der Waals surface area contributed by atoms with Crippen LogP contribution in [0.3, 0.4) is 0 Å². The van der Waals surface area contributed by atoms with Crippen molar-refractivity contribution in [2.75, 3.05) is 19.6 Å². The molecule has 1 amide bonds. The van der Waals surface area contributed by atoms with Crippen LogP contribution >= 0.6 is 12.4 Å². The molecule has 1 aromatic heterocycles. The van der Waals surface area contributed by atoms with E-state index in [4.69, 9.17) is 0 Å². The molecule has 0 radical (unpaired) electrons. The van der Waals surface area contributed by atoms with Crippen molar-refractivity contribution in [2.24, 2.45) is 5.92 Å². The van der Waals surface area contributed by atoms with Crippen LogP contribution in [0.15, 0.2) is 6.07 Å². The molecule has 1 fully saturated rings. The Labute approximate surface area is 118 Å². The molecule has 4 N–H and O–H groups in total. The van der Waals surface area contributed by atoms with Gasteiger partial charge < -0.3 is 15.7 Å². The Morgan fingerprint density at radius 3 is 2.84 bits per heavy atom. The largest absolute Gasteiger partial charge is 0.391 e. The zero-order chi connectivity index (χ0) is 13.1. The fourth-order valence-corrected chi connectivity index (χ4v) is 1.99. The van der Waals surface area contributed by atoms with E-state index in [-0.39, 0.29) is 30.3 Å². The van der Waals surface area contributed by atoms with Crippen LogP contribution in [0.1, 0.15) is 35.9 Å². The average molecular weight is 289 g/mol. The van der Waals surface area contributed by atoms with Gasteiger partial charge in [-0.05, 0) is 12.0 Å². The number of halogens is 1. The number of β-amino-alcohol motifs (C(OH)–C–C–N with tert-alkyl or cyclic N) is 1. The van der Waals surface area contributed by atoms with Crippen molar-refractivity contribution in [1.82, 2.24) is 20.8 Å². The van der Waals surface area contributed by atoms with E-state index in [1.807, 2.05) is 13.8 Å². The van der Waals surface area contributed by atoms with Gasteiger partial charge in [0, 0.05) is 31.2 Å². The highest BCUT2D eigenvalue weighted by Gasteiger charge is 2.25. The lowest BCUT2D eigenvalue weighted by Gasteiger charge is -2.13. The first-order valence-corrected chi connectivity index (χ1v) is 6.30. The first-order valence-electron chi connectivity index (χ1n) is 6.30. The van der Waals surface area contributed by atoms with E-state index < -0.39 is 0 Å². The van der Waals surface area contributed by atoms with Gasteiger partial charge in [0.2, 0.25) is 0 Å². The molecule has 2 rings (SSSR count). The molecular formula is C12H21ClN4O2. The standard InChI is InChI=1S/C12H20N4O2.ClH/c1-7(2)9-3-10(16-15-9)12(18)14-5-8-4-13-6-11(8)17;/h3,7-8,11,13,17H,4-6H2,1-2H3,(H,14,18)(H,15,16);1H. The Morgan fingerprint density at radius 1 is 1.58 bits per heavy atom. The summed E-state index contributed by atoms with van der Waals surface area (Å²) < 4.78 is 0. The Hall–Kier alpha value is -1.11. The molecule has 0 aromatic carbocycles. The third-order valence-corrected chi connectivity index (χ3v) is 3.28. The van der Waals surface area contributed by atoms with Crippen LogP contribution in [0.4, 0.5) is 0 Å². The minimum Gasteiger partial charge on any atom is -0.391 e. The first kappa shape index (κ1) is 15.9. The van der Waals surface area contributed by atoms with Crippen LogP contribution in [0.5, 0.6) is 0 Å². The van der Waals surface area contributed by atoms with Gasteiger partial charge >= 0.3 is 0 Å². The predicted molar refractivity (Wildman–Crippen MR) is 74.6 cm³/mol. The zero-order valence-electron chi connectivity index (χ0n) is 11.1. The number of nitrogens with zero attached hydrogens (tertiary/aromatic N) is 1. The molecule has 7 heteroatoms. The van der Waals surface area contributed by atoms with Gasteiger partial charge in [-0.1, -0.05) is 13.8 Å². The van der Waals surface area contributed by atoms with Crippen molar-refractivity contribution in [1.29, 1.82) is 0 Å². The molecule has 2 unspecified atom stereocenters. The Kier molecular flexibility index (Phi) is 5.78. The van der Waals surface area contributed by atoms with Gasteiger partial charge in [0.15, 0.2) is 0 Å². The Bertz CT molecular complexity index is 422. The summed E-state index contributed by atoms with van der Waals surface area (Å²) >= 11 is 0. The van der Waals surface area contributed by atoms with Crippen LogP contribution in [0, 0.1) is 5.92 Å². The smallest absolute Gasteiger partial charge is 0.271 e. The number of aliphatic hydroxyl groups excluding tert-OH is 1. The molecule has 1 aliphatic heterocycles. The van der Waals surface area contributed by atoms with Gasteiger partial charge in [-0.3, -0.25) is 9.89 Å². The average Bonchev–Trinajstić information content (AvgIpc) is 2.94. The number of hydrogen-bond acceptors (Lipinski definition) is 4. The lowest BCUT2D eigenvalue weighted by Crippen LogP contribution is -2.34. The SMILES string of the molecule is CC(C)c1cc(C(=O)NCC2CNCC2O)n[nH]1.Cl. The molecule has 0 aliphatic carbocycles. The summed E-state index contributed by atoms with van der Waals surface area (Å²) in [6.07, 6.45) is -0.379. The Morgan fingerprint density at radius 2 is 2.32 bits per heavy atom. The first-order chi connectivity index (χ1) is 8.58. The van der Waals surface area contributed by atoms with E-state index in [0.717, 1.165) is 12.2 Å². The molecular weight excluding hydrogens is 268 g/mol. The summed E-state index contributed by atoms with van der Waals surface area (Å²) in [6, 6.07) is 1.77. The van der Waals surface area contributed by atoms with Crippen LogP contribution < -0.4 is 10.6 Å². The lowest BCUT2D eigenvalue weighted by molar-refractivity contribution is 0.0922. The molecule has 0 spiro atoms. The summed E-state index contributed by atoms with van der Waals surface area (Å²) in [5.74, 6) is 0.203. The summed E-state index contributed by atoms with van der Waals surface area (Å²) in [5.41, 5.74) is 1.35. The minimum atomic E-state index is -0.379. The Balaban J connectivity index is 0.00000180. The minimum absolute atomic E-state index is 0. The molecule has 2 atom stereocenters. The fourth-order valence-electron chi connectivity index (χ4n) is 1.99. The van der Waals surface area contributed by atoms with Gasteiger partial charge in [0.1, 0.15) is 5.69 Å². The van der Waals surface area contributed by atoms with Gasteiger partial charge in [-0.2, -0.15) is 5.10 Å². The number of aromatic amines is 1. The number of amides is 1. The second kappa shape index (κ2) is 6.88. The third kappa shape index (κ3) is 3.92. The van der Waals surface area contributed by atoms with E-state index >= 15 is 0 Å². The fraction of sp³-hybridized carbons (Fsp3) is 0.667. The van der Waals surface area contributed by atoms with Gasteiger partial charge in [-0.25, -0.2) is 0 Å². The topological polar surface area (TPSA) is 90.0 Å². The van der Waals surface area contributed by atoms with Crippen LogP contribution in [0.25, 0.3) is 0 Å². The maximum absolute atomic E-state index is 11.8. The van der Waals surface area contributed by atoms with Crippen molar-refractivity contribution in [3.63, 3.8) is 0 Å². The predicted octanol–water partition coefficient (Wildman–Crippen LogP) is 0.265. The van der Waals surface area contributed by atoms with Crippen molar-refractivity contribution in [3.05, 3.63) is 17.5 Å². The number of hydrogen-bond donors (Lipinski definition) is 4. The van der Waals surface area contributed by atoms with Crippen molar-refractivity contribution >= 4 is 18.3 Å². The highest BCUT2D eigenvalue weighted by atomic mass is 35.5. The van der Waals surface area contributed by atoms with E-state index in [1.54, 1.807) is 6.07 Å². The van der Waals surface area contributed by atoms with E-state index in [2.05, 4.69) is 20.8 Å². The molecule has 2 heterocycles. The van der Waals surface area contributed by atoms with Gasteiger partial charge in [-0.15, -0.1) is 12.4 Å². The van der Waals surface area contributed by atoms with Crippen LogP contribution in [0.2, 0.25) is 0 Å². The number of carbonyl (C=O) groups is 1. The maximum atomic E-state index is 11.8. The van der Waals surface area contributed by atoms with Gasteiger partial charge in [0.05, 0.1) is 6.10 Å². The highest BCUT2D eigenvalue weighted by Crippen LogP contribution is 2.12. The summed E-state index contributed by atoms with van der Waals surface area (Å²) in [4.78, 5) is 11.8. The third-order valence-electron chi connectivity index (χ3n) is 3.28.